The third-order valence-electron chi connectivity index (χ3n) is 7.81. The minimum Gasteiger partial charge on any atom is -0.326 e. The molecule has 270 valence electrons. The molecule has 1 aliphatic rings. The maximum Gasteiger partial charge on any atom is 0.418 e. The van der Waals surface area contributed by atoms with E-state index >= 15 is 0 Å². The smallest absolute Gasteiger partial charge is 0.326 e. The molecule has 3 aromatic rings. The molecule has 0 aliphatic carbocycles. The van der Waals surface area contributed by atoms with Crippen molar-refractivity contribution >= 4 is 71.6 Å². The zero-order valence-corrected chi connectivity index (χ0v) is 29.6. The van der Waals surface area contributed by atoms with E-state index in [-0.39, 0.29) is 56.0 Å². The summed E-state index contributed by atoms with van der Waals surface area (Å²) in [7, 11) is -7.77. The van der Waals surface area contributed by atoms with Gasteiger partial charge in [0.15, 0.2) is 11.0 Å². The Kier molecular flexibility index (Phi) is 11.3. The first-order valence-electron chi connectivity index (χ1n) is 14.9. The normalized spacial score (nSPS) is 15.4. The van der Waals surface area contributed by atoms with E-state index in [4.69, 9.17) is 23.2 Å². The van der Waals surface area contributed by atoms with Gasteiger partial charge in [-0.2, -0.15) is 34.8 Å². The second-order valence-corrected chi connectivity index (χ2v) is 15.9. The van der Waals surface area contributed by atoms with E-state index in [1.54, 1.807) is 40.0 Å². The minimum absolute atomic E-state index is 0.0265. The van der Waals surface area contributed by atoms with E-state index in [1.165, 1.54) is 17.0 Å². The number of rotatable bonds is 12. The fourth-order valence-corrected chi connectivity index (χ4v) is 7.47. The summed E-state index contributed by atoms with van der Waals surface area (Å²) < 4.78 is 142. The van der Waals surface area contributed by atoms with Gasteiger partial charge in [-0.3, -0.25) is 4.55 Å². The summed E-state index contributed by atoms with van der Waals surface area (Å²) in [5.41, 5.74) is -1.23. The summed E-state index contributed by atoms with van der Waals surface area (Å²) in [6.45, 7) is 3.94. The van der Waals surface area contributed by atoms with Crippen LogP contribution < -0.4 is 14.4 Å². The number of fused-ring (bicyclic) bond motifs is 2. The lowest BCUT2D eigenvalue weighted by Crippen LogP contribution is -2.37. The molecule has 0 spiro atoms. The molecular formula is C30H33Cl2F6N4O5S2+. The number of benzene rings is 2. The minimum atomic E-state index is -4.79. The van der Waals surface area contributed by atoms with E-state index in [0.717, 1.165) is 24.5 Å². The second-order valence-electron chi connectivity index (χ2n) is 11.3. The lowest BCUT2D eigenvalue weighted by Gasteiger charge is -2.24. The maximum absolute atomic E-state index is 13.8. The Labute approximate surface area is 289 Å². The number of hydrogen-bond donors (Lipinski definition) is 1. The van der Waals surface area contributed by atoms with Gasteiger partial charge in [0.25, 0.3) is 15.9 Å². The number of alkyl halides is 6. The van der Waals surface area contributed by atoms with Crippen molar-refractivity contribution in [3.8, 4) is 0 Å². The fourth-order valence-electron chi connectivity index (χ4n) is 5.79. The highest BCUT2D eigenvalue weighted by Gasteiger charge is 2.39. The average molecular weight is 779 g/mol. The topological polar surface area (TPSA) is 104 Å². The van der Waals surface area contributed by atoms with E-state index in [9.17, 15) is 47.7 Å². The van der Waals surface area contributed by atoms with Crippen molar-refractivity contribution < 1.29 is 52.3 Å². The van der Waals surface area contributed by atoms with Crippen LogP contribution in [-0.4, -0.2) is 56.8 Å². The molecule has 0 saturated heterocycles. The number of halogens is 8. The van der Waals surface area contributed by atoms with Crippen molar-refractivity contribution in [3.05, 3.63) is 69.2 Å². The van der Waals surface area contributed by atoms with Gasteiger partial charge in [-0.25, -0.2) is 17.6 Å². The van der Waals surface area contributed by atoms with Gasteiger partial charge in [0, 0.05) is 37.6 Å². The zero-order chi connectivity index (χ0) is 36.7. The first kappa shape index (κ1) is 38.8. The summed E-state index contributed by atoms with van der Waals surface area (Å²) in [6.07, 6.45) is -3.92. The molecule has 2 aromatic carbocycles. The van der Waals surface area contributed by atoms with Crippen molar-refractivity contribution in [1.29, 1.82) is 0 Å². The second kappa shape index (κ2) is 14.3. The number of nitrogens with zero attached hydrogens (tertiary/aromatic N) is 4. The quantitative estimate of drug-likeness (QED) is 0.118. The highest BCUT2D eigenvalue weighted by molar-refractivity contribution is 7.90. The Hall–Kier alpha value is -2.99. The van der Waals surface area contributed by atoms with E-state index in [1.807, 2.05) is 0 Å². The van der Waals surface area contributed by atoms with E-state index in [2.05, 4.69) is 0 Å². The van der Waals surface area contributed by atoms with Gasteiger partial charge in [-0.1, -0.05) is 29.3 Å². The SMILES string of the molecule is CCN1/C(=C\C=C\c2n(CC)c3cc(Cl)c(C(F)(F)F)cc3[n+]2CCCS(C)(=O)=O)N(CCCS(=O)(=O)O)c2cc(C(F)(F)F)c(Cl)cc21. The molecule has 0 unspecified atom stereocenters. The van der Waals surface area contributed by atoms with Crippen molar-refractivity contribution in [2.24, 2.45) is 0 Å². The molecule has 0 atom stereocenters. The third-order valence-corrected chi connectivity index (χ3v) is 10.3. The Balaban J connectivity index is 1.88. The standard InChI is InChI=1S/C30H32Cl2F6N4O5S2/c1-4-39-25-17-21(31)19(29(33,34)35)15-23(25)41(11-7-13-48(3,43)44)27(39)9-6-10-28-40(5-2)26-18-22(32)20(30(36,37)38)16-24(26)42(28)12-8-14-49(45,46)47/h6,9-10,15-18H,4-5,7-8,11-14H2,1-3H3/p+1. The summed E-state index contributed by atoms with van der Waals surface area (Å²) >= 11 is 12.1. The number of aromatic nitrogens is 2. The van der Waals surface area contributed by atoms with Crippen molar-refractivity contribution in [2.75, 3.05) is 40.7 Å². The van der Waals surface area contributed by atoms with Crippen LogP contribution in [0.5, 0.6) is 0 Å². The lowest BCUT2D eigenvalue weighted by atomic mass is 10.1. The summed E-state index contributed by atoms with van der Waals surface area (Å²) in [4.78, 5) is 3.12. The third kappa shape index (κ3) is 8.85. The fraction of sp³-hybridized carbons (Fsp3) is 0.433. The number of sulfone groups is 1. The first-order valence-corrected chi connectivity index (χ1v) is 19.3. The van der Waals surface area contributed by atoms with E-state index in [0.29, 0.717) is 22.8 Å². The highest BCUT2D eigenvalue weighted by Crippen LogP contribution is 2.48. The van der Waals surface area contributed by atoms with Crippen LogP contribution in [-0.2, 0) is 45.4 Å². The molecule has 19 heteroatoms. The Morgan fingerprint density at radius 2 is 1.43 bits per heavy atom. The molecule has 0 bridgehead atoms. The Bertz CT molecular complexity index is 2030. The molecule has 2 heterocycles. The number of anilines is 2. The summed E-state index contributed by atoms with van der Waals surface area (Å²) in [5.74, 6) is -0.154. The van der Waals surface area contributed by atoms with Crippen LogP contribution in [0.4, 0.5) is 37.7 Å². The van der Waals surface area contributed by atoms with Crippen LogP contribution in [0.2, 0.25) is 10.0 Å². The molecule has 9 nitrogen and oxygen atoms in total. The molecular weight excluding hydrogens is 745 g/mol. The predicted molar refractivity (Wildman–Crippen MR) is 177 cm³/mol. The number of aryl methyl sites for hydroxylation is 2. The van der Waals surface area contributed by atoms with Crippen LogP contribution in [0.1, 0.15) is 43.6 Å². The van der Waals surface area contributed by atoms with Crippen LogP contribution >= 0.6 is 23.2 Å². The van der Waals surface area contributed by atoms with Gasteiger partial charge >= 0.3 is 12.4 Å². The van der Waals surface area contributed by atoms with Crippen LogP contribution in [0.15, 0.2) is 42.2 Å². The van der Waals surface area contributed by atoms with Crippen molar-refractivity contribution in [2.45, 2.75) is 52.1 Å². The van der Waals surface area contributed by atoms with Gasteiger partial charge in [-0.05, 0) is 44.9 Å². The van der Waals surface area contributed by atoms with Gasteiger partial charge in [-0.15, -0.1) is 0 Å². The Morgan fingerprint density at radius 1 is 0.837 bits per heavy atom. The Morgan fingerprint density at radius 3 is 1.98 bits per heavy atom. The monoisotopic (exact) mass is 777 g/mol. The number of allylic oxidation sites excluding steroid dienone is 2. The van der Waals surface area contributed by atoms with Gasteiger partial charge in [0.1, 0.15) is 15.7 Å². The number of hydrogen-bond acceptors (Lipinski definition) is 6. The first-order chi connectivity index (χ1) is 22.6. The van der Waals surface area contributed by atoms with Crippen LogP contribution in [0.25, 0.3) is 17.1 Å². The van der Waals surface area contributed by atoms with E-state index < -0.39 is 59.2 Å². The molecule has 0 amide bonds. The summed E-state index contributed by atoms with van der Waals surface area (Å²) in [5, 5.41) is -1.06. The van der Waals surface area contributed by atoms with Crippen LogP contribution in [0.3, 0.4) is 0 Å². The summed E-state index contributed by atoms with van der Waals surface area (Å²) in [6, 6.07) is 4.13. The molecule has 0 radical (unpaired) electrons. The lowest BCUT2D eigenvalue weighted by molar-refractivity contribution is -0.673. The van der Waals surface area contributed by atoms with Crippen LogP contribution in [0, 0.1) is 0 Å². The molecule has 0 saturated carbocycles. The number of imidazole rings is 1. The average Bonchev–Trinajstić information content (AvgIpc) is 3.39. The largest absolute Gasteiger partial charge is 0.418 e. The molecule has 1 aliphatic heterocycles. The maximum atomic E-state index is 13.8. The predicted octanol–water partition coefficient (Wildman–Crippen LogP) is 7.21. The highest BCUT2D eigenvalue weighted by atomic mass is 35.5. The molecule has 0 fully saturated rings. The van der Waals surface area contributed by atoms with Gasteiger partial charge in [0.2, 0.25) is 0 Å². The molecule has 49 heavy (non-hydrogen) atoms. The van der Waals surface area contributed by atoms with Gasteiger partial charge < -0.3 is 9.80 Å². The zero-order valence-electron chi connectivity index (χ0n) is 26.4. The van der Waals surface area contributed by atoms with Crippen molar-refractivity contribution in [3.63, 3.8) is 0 Å². The molecule has 1 N–H and O–H groups in total. The molecule has 4 rings (SSSR count). The van der Waals surface area contributed by atoms with Gasteiger partial charge in [0.05, 0.1) is 57.1 Å². The molecule has 1 aromatic heterocycles. The van der Waals surface area contributed by atoms with Crippen molar-refractivity contribution in [1.82, 2.24) is 4.57 Å².